The van der Waals surface area contributed by atoms with Crippen molar-refractivity contribution in [2.75, 3.05) is 17.8 Å². The lowest BCUT2D eigenvalue weighted by Crippen LogP contribution is -2.37. The van der Waals surface area contributed by atoms with Crippen LogP contribution in [0.15, 0.2) is 0 Å². The zero-order chi connectivity index (χ0) is 12.4. The number of nitrogens with two attached hydrogens (primary N) is 1. The smallest absolute Gasteiger partial charge is 0.154 e. The van der Waals surface area contributed by atoms with Gasteiger partial charge >= 0.3 is 0 Å². The van der Waals surface area contributed by atoms with Crippen LogP contribution in [0.25, 0.3) is 0 Å². The van der Waals surface area contributed by atoms with Crippen LogP contribution in [-0.4, -0.2) is 45.9 Å². The summed E-state index contributed by atoms with van der Waals surface area (Å²) < 4.78 is 45.6. The van der Waals surface area contributed by atoms with E-state index in [1.807, 2.05) is 0 Å². The van der Waals surface area contributed by atoms with Crippen LogP contribution in [0, 0.1) is 0 Å². The van der Waals surface area contributed by atoms with Gasteiger partial charge in [-0.25, -0.2) is 16.8 Å². The van der Waals surface area contributed by atoms with Gasteiger partial charge in [-0.15, -0.1) is 0 Å². The Kier molecular flexibility index (Phi) is 4.36. The Morgan fingerprint density at radius 3 is 2.25 bits per heavy atom. The van der Waals surface area contributed by atoms with Gasteiger partial charge in [-0.1, -0.05) is 6.42 Å². The Bertz CT molecular complexity index is 426. The van der Waals surface area contributed by atoms with E-state index >= 15 is 0 Å². The van der Waals surface area contributed by atoms with Crippen LogP contribution in [0.2, 0.25) is 0 Å². The Morgan fingerprint density at radius 1 is 1.12 bits per heavy atom. The monoisotopic (exact) mass is 269 g/mol. The van der Waals surface area contributed by atoms with Gasteiger partial charge in [-0.2, -0.15) is 0 Å². The average Bonchev–Trinajstić information content (AvgIpc) is 2.14. The lowest BCUT2D eigenvalue weighted by atomic mass is 9.96. The first-order valence-corrected chi connectivity index (χ1v) is 9.13. The summed E-state index contributed by atoms with van der Waals surface area (Å²) in [5.41, 5.74) is 5.72. The van der Waals surface area contributed by atoms with Crippen LogP contribution in [0.4, 0.5) is 0 Å². The molecule has 0 spiro atoms. The quantitative estimate of drug-likeness (QED) is 0.757. The Labute approximate surface area is 97.2 Å². The van der Waals surface area contributed by atoms with Crippen LogP contribution < -0.4 is 5.73 Å². The van der Waals surface area contributed by atoms with Crippen molar-refractivity contribution in [2.24, 2.45) is 5.73 Å². The molecule has 2 unspecified atom stereocenters. The summed E-state index contributed by atoms with van der Waals surface area (Å²) >= 11 is 0. The number of sulfone groups is 2. The fraction of sp³-hybridized carbons (Fsp3) is 1.00. The van der Waals surface area contributed by atoms with E-state index in [1.165, 1.54) is 0 Å². The molecule has 7 heteroatoms. The third-order valence-electron chi connectivity index (χ3n) is 2.91. The first-order valence-electron chi connectivity index (χ1n) is 5.35. The molecule has 5 nitrogen and oxygen atoms in total. The molecule has 0 aromatic heterocycles. The van der Waals surface area contributed by atoms with Crippen molar-refractivity contribution in [1.29, 1.82) is 0 Å². The van der Waals surface area contributed by atoms with Gasteiger partial charge < -0.3 is 5.73 Å². The van der Waals surface area contributed by atoms with E-state index in [0.717, 1.165) is 19.1 Å². The second-order valence-electron chi connectivity index (χ2n) is 4.55. The van der Waals surface area contributed by atoms with E-state index in [4.69, 9.17) is 5.73 Å². The van der Waals surface area contributed by atoms with E-state index < -0.39 is 24.9 Å². The molecule has 0 aliphatic heterocycles. The van der Waals surface area contributed by atoms with Gasteiger partial charge in [0.05, 0.1) is 16.8 Å². The largest absolute Gasteiger partial charge is 0.328 e. The summed E-state index contributed by atoms with van der Waals surface area (Å²) in [6.07, 6.45) is 3.79. The van der Waals surface area contributed by atoms with E-state index in [1.54, 1.807) is 0 Å². The number of hydrogen-bond donors (Lipinski definition) is 1. The molecule has 0 saturated heterocycles. The third kappa shape index (κ3) is 4.39. The highest BCUT2D eigenvalue weighted by atomic mass is 32.2. The number of hydrogen-bond acceptors (Lipinski definition) is 5. The van der Waals surface area contributed by atoms with Gasteiger partial charge in [-0.3, -0.25) is 0 Å². The highest BCUT2D eigenvalue weighted by Crippen LogP contribution is 2.23. The van der Waals surface area contributed by atoms with Gasteiger partial charge in [-0.05, 0) is 19.3 Å². The van der Waals surface area contributed by atoms with Crippen molar-refractivity contribution < 1.29 is 16.8 Å². The topological polar surface area (TPSA) is 94.3 Å². The molecule has 0 amide bonds. The van der Waals surface area contributed by atoms with Gasteiger partial charge in [0, 0.05) is 12.3 Å². The molecule has 0 bridgehead atoms. The minimum Gasteiger partial charge on any atom is -0.328 e. The average molecular weight is 269 g/mol. The van der Waals surface area contributed by atoms with E-state index in [9.17, 15) is 16.8 Å². The molecular formula is C9H19NO4S2. The summed E-state index contributed by atoms with van der Waals surface area (Å²) in [6, 6.07) is -0.0632. The lowest BCUT2D eigenvalue weighted by molar-refractivity contribution is 0.433. The molecule has 1 fully saturated rings. The Balaban J connectivity index is 2.63. The first-order chi connectivity index (χ1) is 7.21. The number of rotatable bonds is 4. The maximum atomic E-state index is 11.9. The van der Waals surface area contributed by atoms with Crippen LogP contribution in [-0.2, 0) is 19.7 Å². The molecule has 1 saturated carbocycles. The second-order valence-corrected chi connectivity index (χ2v) is 9.21. The Hall–Kier alpha value is -0.140. The molecule has 1 aliphatic rings. The van der Waals surface area contributed by atoms with Crippen molar-refractivity contribution in [3.8, 4) is 0 Å². The van der Waals surface area contributed by atoms with Crippen molar-refractivity contribution in [2.45, 2.75) is 37.0 Å². The van der Waals surface area contributed by atoms with Crippen molar-refractivity contribution >= 4 is 19.7 Å². The van der Waals surface area contributed by atoms with Crippen LogP contribution in [0.3, 0.4) is 0 Å². The van der Waals surface area contributed by atoms with Crippen LogP contribution in [0.5, 0.6) is 0 Å². The van der Waals surface area contributed by atoms with Gasteiger partial charge in [0.15, 0.2) is 9.84 Å². The zero-order valence-corrected chi connectivity index (χ0v) is 11.1. The summed E-state index contributed by atoms with van der Waals surface area (Å²) in [5.74, 6) is -0.565. The lowest BCUT2D eigenvalue weighted by Gasteiger charge is -2.26. The highest BCUT2D eigenvalue weighted by molar-refractivity contribution is 7.95. The van der Waals surface area contributed by atoms with Gasteiger partial charge in [0.25, 0.3) is 0 Å². The molecule has 0 heterocycles. The molecule has 0 radical (unpaired) electrons. The predicted octanol–water partition coefficient (Wildman–Crippen LogP) is -0.284. The minimum atomic E-state index is -3.31. The van der Waals surface area contributed by atoms with E-state index in [2.05, 4.69) is 0 Å². The SMILES string of the molecule is CS(=O)(=O)CCS(=O)(=O)C1CCCC(N)C1. The summed E-state index contributed by atoms with van der Waals surface area (Å²) in [7, 11) is -6.53. The van der Waals surface area contributed by atoms with Gasteiger partial charge in [0.2, 0.25) is 0 Å². The fourth-order valence-electron chi connectivity index (χ4n) is 1.94. The molecule has 1 rings (SSSR count). The molecule has 16 heavy (non-hydrogen) atoms. The molecule has 0 aromatic rings. The summed E-state index contributed by atoms with van der Waals surface area (Å²) in [4.78, 5) is 0. The summed E-state index contributed by atoms with van der Waals surface area (Å²) in [5, 5.41) is -0.446. The van der Waals surface area contributed by atoms with Gasteiger partial charge in [0.1, 0.15) is 9.84 Å². The van der Waals surface area contributed by atoms with Crippen molar-refractivity contribution in [3.63, 3.8) is 0 Å². The maximum absolute atomic E-state index is 11.9. The van der Waals surface area contributed by atoms with Crippen LogP contribution >= 0.6 is 0 Å². The predicted molar refractivity (Wildman–Crippen MR) is 63.7 cm³/mol. The molecule has 2 N–H and O–H groups in total. The Morgan fingerprint density at radius 2 is 1.75 bits per heavy atom. The fourth-order valence-corrected chi connectivity index (χ4v) is 5.48. The molecule has 1 aliphatic carbocycles. The van der Waals surface area contributed by atoms with E-state index in [-0.39, 0.29) is 17.5 Å². The van der Waals surface area contributed by atoms with Crippen molar-refractivity contribution in [3.05, 3.63) is 0 Å². The molecular weight excluding hydrogens is 250 g/mol. The van der Waals surface area contributed by atoms with E-state index in [0.29, 0.717) is 12.8 Å². The van der Waals surface area contributed by atoms with Crippen molar-refractivity contribution in [1.82, 2.24) is 0 Å². The highest BCUT2D eigenvalue weighted by Gasteiger charge is 2.30. The normalized spacial score (nSPS) is 27.9. The molecule has 0 aromatic carbocycles. The molecule has 2 atom stereocenters. The zero-order valence-electron chi connectivity index (χ0n) is 9.42. The standard InChI is InChI=1S/C9H19NO4S2/c1-15(11,12)5-6-16(13,14)9-4-2-3-8(10)7-9/h8-9H,2-7,10H2,1H3. The van der Waals surface area contributed by atoms with Crippen LogP contribution in [0.1, 0.15) is 25.7 Å². The first kappa shape index (κ1) is 13.9. The third-order valence-corrected chi connectivity index (χ3v) is 6.33. The second kappa shape index (κ2) is 5.01. The maximum Gasteiger partial charge on any atom is 0.154 e. The minimum absolute atomic E-state index is 0.0632. The summed E-state index contributed by atoms with van der Waals surface area (Å²) in [6.45, 7) is 0. The molecule has 96 valence electrons.